The summed E-state index contributed by atoms with van der Waals surface area (Å²) in [5.74, 6) is 0. The lowest BCUT2D eigenvalue weighted by molar-refractivity contribution is 1.02. The fourth-order valence-electron chi connectivity index (χ4n) is 2.10. The van der Waals surface area contributed by atoms with Crippen molar-refractivity contribution in [1.29, 1.82) is 5.26 Å². The van der Waals surface area contributed by atoms with E-state index >= 15 is 0 Å². The molecular formula is C16H12N2S. The van der Waals surface area contributed by atoms with Crippen molar-refractivity contribution in [3.8, 4) is 6.07 Å². The fourth-order valence-corrected chi connectivity index (χ4v) is 3.09. The number of nitrogens with zero attached hydrogens (tertiary/aromatic N) is 1. The maximum Gasteiger partial charge on any atom is 0.141 e. The number of hydrogen-bond donors (Lipinski definition) is 1. The molecule has 0 saturated heterocycles. The number of rotatable bonds is 3. The first-order valence-corrected chi connectivity index (χ1v) is 6.94. The Morgan fingerprint density at radius 2 is 1.74 bits per heavy atom. The molecular weight excluding hydrogens is 252 g/mol. The molecule has 1 heterocycles. The molecule has 0 spiro atoms. The molecule has 0 bridgehead atoms. The minimum Gasteiger partial charge on any atom is -0.366 e. The average Bonchev–Trinajstić information content (AvgIpc) is 2.90. The molecule has 1 unspecified atom stereocenters. The third kappa shape index (κ3) is 2.31. The second kappa shape index (κ2) is 5.13. The van der Waals surface area contributed by atoms with Gasteiger partial charge in [0.15, 0.2) is 0 Å². The van der Waals surface area contributed by atoms with E-state index in [-0.39, 0.29) is 6.04 Å². The summed E-state index contributed by atoms with van der Waals surface area (Å²) in [6.45, 7) is 0. The van der Waals surface area contributed by atoms with E-state index in [0.29, 0.717) is 0 Å². The molecule has 3 rings (SSSR count). The summed E-state index contributed by atoms with van der Waals surface area (Å²) in [4.78, 5) is 0. The van der Waals surface area contributed by atoms with Crippen LogP contribution in [0, 0.1) is 11.3 Å². The van der Waals surface area contributed by atoms with Gasteiger partial charge in [0, 0.05) is 16.0 Å². The summed E-state index contributed by atoms with van der Waals surface area (Å²) in [5.41, 5.74) is 2.01. The van der Waals surface area contributed by atoms with E-state index in [9.17, 15) is 5.26 Å². The summed E-state index contributed by atoms with van der Waals surface area (Å²) in [5, 5.41) is 15.9. The second-order valence-electron chi connectivity index (χ2n) is 4.26. The van der Waals surface area contributed by atoms with Crippen LogP contribution < -0.4 is 5.32 Å². The lowest BCUT2D eigenvalue weighted by atomic mass is 10.1. The molecule has 3 heteroatoms. The number of nitrogens with one attached hydrogen (secondary N) is 1. The highest BCUT2D eigenvalue weighted by atomic mass is 32.1. The van der Waals surface area contributed by atoms with Crippen molar-refractivity contribution in [2.75, 3.05) is 5.32 Å². The standard InChI is InChI=1S/C16H12N2S/c17-10-15(18-12-6-2-1-3-7-12)14-11-19-16-9-5-4-8-13(14)16/h1-9,11,15,18H. The van der Waals surface area contributed by atoms with Crippen LogP contribution in [0.2, 0.25) is 0 Å². The van der Waals surface area contributed by atoms with Gasteiger partial charge in [0.05, 0.1) is 6.07 Å². The molecule has 0 aliphatic carbocycles. The van der Waals surface area contributed by atoms with E-state index in [1.54, 1.807) is 11.3 Å². The summed E-state index contributed by atoms with van der Waals surface area (Å²) >= 11 is 1.68. The predicted molar refractivity (Wildman–Crippen MR) is 80.2 cm³/mol. The van der Waals surface area contributed by atoms with Crippen molar-refractivity contribution < 1.29 is 0 Å². The van der Waals surface area contributed by atoms with E-state index < -0.39 is 0 Å². The molecule has 1 N–H and O–H groups in total. The maximum atomic E-state index is 9.41. The van der Waals surface area contributed by atoms with E-state index in [1.165, 1.54) is 4.70 Å². The van der Waals surface area contributed by atoms with Gasteiger partial charge in [-0.2, -0.15) is 5.26 Å². The van der Waals surface area contributed by atoms with Crippen LogP contribution in [0.4, 0.5) is 5.69 Å². The van der Waals surface area contributed by atoms with E-state index in [1.807, 2.05) is 42.5 Å². The van der Waals surface area contributed by atoms with Gasteiger partial charge in [0.2, 0.25) is 0 Å². The van der Waals surface area contributed by atoms with Gasteiger partial charge in [0.25, 0.3) is 0 Å². The molecule has 19 heavy (non-hydrogen) atoms. The molecule has 0 amide bonds. The number of para-hydroxylation sites is 1. The number of fused-ring (bicyclic) bond motifs is 1. The van der Waals surface area contributed by atoms with Crippen LogP contribution in [0.3, 0.4) is 0 Å². The maximum absolute atomic E-state index is 9.41. The minimum absolute atomic E-state index is 0.321. The summed E-state index contributed by atoms with van der Waals surface area (Å²) in [7, 11) is 0. The number of benzene rings is 2. The first-order valence-electron chi connectivity index (χ1n) is 6.06. The van der Waals surface area contributed by atoms with Gasteiger partial charge in [-0.15, -0.1) is 11.3 Å². The zero-order valence-corrected chi connectivity index (χ0v) is 11.0. The van der Waals surface area contributed by atoms with Crippen molar-refractivity contribution in [2.24, 2.45) is 0 Å². The summed E-state index contributed by atoms with van der Waals surface area (Å²) in [6.07, 6.45) is 0. The first kappa shape index (κ1) is 11.8. The molecule has 92 valence electrons. The third-order valence-electron chi connectivity index (χ3n) is 3.04. The Balaban J connectivity index is 1.97. The van der Waals surface area contributed by atoms with Crippen molar-refractivity contribution in [2.45, 2.75) is 6.04 Å². The van der Waals surface area contributed by atoms with E-state index in [4.69, 9.17) is 0 Å². The van der Waals surface area contributed by atoms with Crippen LogP contribution in [-0.4, -0.2) is 0 Å². The Labute approximate surface area is 115 Å². The number of nitriles is 1. The van der Waals surface area contributed by atoms with Gasteiger partial charge < -0.3 is 5.32 Å². The van der Waals surface area contributed by atoms with Crippen molar-refractivity contribution in [3.05, 3.63) is 65.5 Å². The van der Waals surface area contributed by atoms with Crippen LogP contribution in [0.5, 0.6) is 0 Å². The minimum atomic E-state index is -0.321. The Bertz CT molecular complexity index is 725. The number of thiophene rings is 1. The van der Waals surface area contributed by atoms with Crippen molar-refractivity contribution in [1.82, 2.24) is 0 Å². The smallest absolute Gasteiger partial charge is 0.141 e. The molecule has 1 atom stereocenters. The topological polar surface area (TPSA) is 35.8 Å². The number of anilines is 1. The first-order chi connectivity index (χ1) is 9.38. The molecule has 0 saturated carbocycles. The Morgan fingerprint density at radius 1 is 1.00 bits per heavy atom. The lowest BCUT2D eigenvalue weighted by Gasteiger charge is -2.12. The molecule has 1 aromatic heterocycles. The highest BCUT2D eigenvalue weighted by Crippen LogP contribution is 2.31. The zero-order valence-electron chi connectivity index (χ0n) is 10.2. The van der Waals surface area contributed by atoms with Crippen molar-refractivity contribution >= 4 is 27.1 Å². The second-order valence-corrected chi connectivity index (χ2v) is 5.17. The quantitative estimate of drug-likeness (QED) is 0.751. The zero-order chi connectivity index (χ0) is 13.1. The Morgan fingerprint density at radius 3 is 2.53 bits per heavy atom. The summed E-state index contributed by atoms with van der Waals surface area (Å²) in [6, 6.07) is 20.0. The Hall–Kier alpha value is -2.31. The van der Waals surface area contributed by atoms with Gasteiger partial charge >= 0.3 is 0 Å². The molecule has 0 fully saturated rings. The van der Waals surface area contributed by atoms with Gasteiger partial charge in [-0.3, -0.25) is 0 Å². The fraction of sp³-hybridized carbons (Fsp3) is 0.0625. The molecule has 0 radical (unpaired) electrons. The largest absolute Gasteiger partial charge is 0.366 e. The normalized spacial score (nSPS) is 11.9. The van der Waals surface area contributed by atoms with Gasteiger partial charge in [-0.05, 0) is 29.0 Å². The van der Waals surface area contributed by atoms with E-state index in [0.717, 1.165) is 16.6 Å². The highest BCUT2D eigenvalue weighted by molar-refractivity contribution is 7.17. The SMILES string of the molecule is N#CC(Nc1ccccc1)c1csc2ccccc12. The van der Waals surface area contributed by atoms with Crippen LogP contribution in [0.1, 0.15) is 11.6 Å². The van der Waals surface area contributed by atoms with Crippen LogP contribution >= 0.6 is 11.3 Å². The van der Waals surface area contributed by atoms with Crippen LogP contribution in [-0.2, 0) is 0 Å². The van der Waals surface area contributed by atoms with Crippen LogP contribution in [0.15, 0.2) is 60.0 Å². The van der Waals surface area contributed by atoms with Crippen LogP contribution in [0.25, 0.3) is 10.1 Å². The lowest BCUT2D eigenvalue weighted by Crippen LogP contribution is -2.07. The molecule has 0 aliphatic heterocycles. The third-order valence-corrected chi connectivity index (χ3v) is 4.02. The van der Waals surface area contributed by atoms with Crippen molar-refractivity contribution in [3.63, 3.8) is 0 Å². The van der Waals surface area contributed by atoms with E-state index in [2.05, 4.69) is 28.9 Å². The summed E-state index contributed by atoms with van der Waals surface area (Å²) < 4.78 is 1.22. The molecule has 2 aromatic carbocycles. The molecule has 3 aromatic rings. The predicted octanol–water partition coefficient (Wildman–Crippen LogP) is 4.58. The average molecular weight is 264 g/mol. The Kier molecular flexibility index (Phi) is 3.18. The van der Waals surface area contributed by atoms with Gasteiger partial charge in [0.1, 0.15) is 6.04 Å². The number of hydrogen-bond acceptors (Lipinski definition) is 3. The van der Waals surface area contributed by atoms with Gasteiger partial charge in [-0.1, -0.05) is 36.4 Å². The molecule has 2 nitrogen and oxygen atoms in total. The monoisotopic (exact) mass is 264 g/mol. The highest BCUT2D eigenvalue weighted by Gasteiger charge is 2.14. The van der Waals surface area contributed by atoms with Gasteiger partial charge in [-0.25, -0.2) is 0 Å². The molecule has 0 aliphatic rings.